The third-order valence-corrected chi connectivity index (χ3v) is 2.90. The van der Waals surface area contributed by atoms with Gasteiger partial charge in [0.1, 0.15) is 0 Å². The first kappa shape index (κ1) is 13.4. The quantitative estimate of drug-likeness (QED) is 0.479. The van der Waals surface area contributed by atoms with Crippen LogP contribution in [0.15, 0.2) is 22.6 Å². The summed E-state index contributed by atoms with van der Waals surface area (Å²) in [6.45, 7) is 3.76. The van der Waals surface area contributed by atoms with Gasteiger partial charge >= 0.3 is 11.8 Å². The summed E-state index contributed by atoms with van der Waals surface area (Å²) in [6, 6.07) is 3.72. The van der Waals surface area contributed by atoms with Gasteiger partial charge in [-0.3, -0.25) is 9.59 Å². The maximum atomic E-state index is 11.3. The largest absolute Gasteiger partial charge is 0.345 e. The third kappa shape index (κ3) is 4.78. The van der Waals surface area contributed by atoms with E-state index in [0.29, 0.717) is 0 Å². The molecule has 17 heavy (non-hydrogen) atoms. The van der Waals surface area contributed by atoms with E-state index in [1.165, 1.54) is 17.6 Å². The second kappa shape index (κ2) is 6.80. The lowest BCUT2D eigenvalue weighted by Gasteiger charge is -2.09. The number of carbonyl (C=O) groups is 2. The van der Waals surface area contributed by atoms with Gasteiger partial charge in [-0.15, -0.1) is 11.3 Å². The smallest absolute Gasteiger partial charge is 0.329 e. The van der Waals surface area contributed by atoms with E-state index >= 15 is 0 Å². The zero-order valence-electron chi connectivity index (χ0n) is 9.77. The summed E-state index contributed by atoms with van der Waals surface area (Å²) in [5.41, 5.74) is 2.18. The number of nitrogens with zero attached hydrogens (tertiary/aromatic N) is 1. The summed E-state index contributed by atoms with van der Waals surface area (Å²) in [5, 5.41) is 8.15. The fraction of sp³-hybridized carbons (Fsp3) is 0.364. The van der Waals surface area contributed by atoms with E-state index in [-0.39, 0.29) is 6.04 Å². The highest BCUT2D eigenvalue weighted by molar-refractivity contribution is 7.11. The summed E-state index contributed by atoms with van der Waals surface area (Å²) in [4.78, 5) is 23.5. The normalized spacial score (nSPS) is 12.4. The lowest BCUT2D eigenvalue weighted by Crippen LogP contribution is -2.41. The SMILES string of the molecule is CC[C@@H](C)NC(=O)C(=O)N/N=C\c1cccs1. The van der Waals surface area contributed by atoms with Crippen molar-refractivity contribution >= 4 is 29.4 Å². The summed E-state index contributed by atoms with van der Waals surface area (Å²) in [6.07, 6.45) is 2.27. The van der Waals surface area contributed by atoms with E-state index in [1.807, 2.05) is 31.4 Å². The zero-order chi connectivity index (χ0) is 12.7. The number of thiophene rings is 1. The predicted octanol–water partition coefficient (Wildman–Crippen LogP) is 1.11. The molecule has 1 heterocycles. The highest BCUT2D eigenvalue weighted by atomic mass is 32.1. The molecule has 0 bridgehead atoms. The number of nitrogens with one attached hydrogen (secondary N) is 2. The van der Waals surface area contributed by atoms with Gasteiger partial charge in [-0.25, -0.2) is 5.43 Å². The molecule has 5 nitrogen and oxygen atoms in total. The first-order chi connectivity index (χ1) is 8.13. The molecule has 1 atom stereocenters. The van der Waals surface area contributed by atoms with Crippen molar-refractivity contribution in [3.05, 3.63) is 22.4 Å². The number of rotatable bonds is 4. The third-order valence-electron chi connectivity index (χ3n) is 2.10. The first-order valence-electron chi connectivity index (χ1n) is 5.31. The van der Waals surface area contributed by atoms with Gasteiger partial charge in [0.05, 0.1) is 6.21 Å². The molecule has 0 aromatic carbocycles. The standard InChI is InChI=1S/C11H15N3O2S/c1-3-8(2)13-10(15)11(16)14-12-7-9-5-4-6-17-9/h4-8H,3H2,1-2H3,(H,13,15)(H,14,16)/b12-7-/t8-/m1/s1. The van der Waals surface area contributed by atoms with Crippen LogP contribution in [0.2, 0.25) is 0 Å². The minimum atomic E-state index is -0.752. The van der Waals surface area contributed by atoms with Gasteiger partial charge in [0.15, 0.2) is 0 Å². The van der Waals surface area contributed by atoms with Crippen LogP contribution in [-0.2, 0) is 9.59 Å². The van der Waals surface area contributed by atoms with E-state index in [4.69, 9.17) is 0 Å². The van der Waals surface area contributed by atoms with Gasteiger partial charge in [-0.05, 0) is 24.8 Å². The maximum Gasteiger partial charge on any atom is 0.329 e. The van der Waals surface area contributed by atoms with Crippen LogP contribution in [0.4, 0.5) is 0 Å². The van der Waals surface area contributed by atoms with E-state index in [9.17, 15) is 9.59 Å². The Kier molecular flexibility index (Phi) is 5.35. The van der Waals surface area contributed by atoms with Crippen molar-refractivity contribution in [3.8, 4) is 0 Å². The molecule has 0 aliphatic heterocycles. The Balaban J connectivity index is 2.36. The molecule has 1 rings (SSSR count). The average Bonchev–Trinajstić information content (AvgIpc) is 2.81. The minimum absolute atomic E-state index is 0.0190. The molecule has 1 aromatic heterocycles. The van der Waals surface area contributed by atoms with E-state index < -0.39 is 11.8 Å². The highest BCUT2D eigenvalue weighted by Gasteiger charge is 2.14. The second-order valence-corrected chi connectivity index (χ2v) is 4.48. The lowest BCUT2D eigenvalue weighted by atomic mass is 10.2. The Morgan fingerprint density at radius 3 is 2.88 bits per heavy atom. The molecule has 0 unspecified atom stereocenters. The van der Waals surface area contributed by atoms with E-state index in [1.54, 1.807) is 0 Å². The number of carbonyl (C=O) groups excluding carboxylic acids is 2. The molecule has 6 heteroatoms. The van der Waals surface area contributed by atoms with Gasteiger partial charge in [0.25, 0.3) is 0 Å². The Bertz CT molecular complexity index is 401. The minimum Gasteiger partial charge on any atom is -0.345 e. The number of hydrazone groups is 1. The van der Waals surface area contributed by atoms with Crippen LogP contribution in [0.1, 0.15) is 25.1 Å². The van der Waals surface area contributed by atoms with Gasteiger partial charge in [0, 0.05) is 10.9 Å². The van der Waals surface area contributed by atoms with Crippen molar-refractivity contribution in [1.29, 1.82) is 0 Å². The van der Waals surface area contributed by atoms with Crippen LogP contribution < -0.4 is 10.7 Å². The van der Waals surface area contributed by atoms with Crippen molar-refractivity contribution in [2.45, 2.75) is 26.3 Å². The molecule has 0 aliphatic rings. The van der Waals surface area contributed by atoms with Crippen molar-refractivity contribution < 1.29 is 9.59 Å². The Labute approximate surface area is 104 Å². The van der Waals surface area contributed by atoms with E-state index in [2.05, 4.69) is 15.8 Å². The van der Waals surface area contributed by atoms with Crippen LogP contribution in [0.5, 0.6) is 0 Å². The maximum absolute atomic E-state index is 11.3. The molecule has 2 amide bonds. The lowest BCUT2D eigenvalue weighted by molar-refractivity contribution is -0.139. The molecule has 0 aliphatic carbocycles. The molecule has 0 saturated heterocycles. The van der Waals surface area contributed by atoms with Crippen molar-refractivity contribution in [3.63, 3.8) is 0 Å². The zero-order valence-corrected chi connectivity index (χ0v) is 10.6. The van der Waals surface area contributed by atoms with Crippen LogP contribution in [0.25, 0.3) is 0 Å². The van der Waals surface area contributed by atoms with Crippen molar-refractivity contribution in [2.24, 2.45) is 5.10 Å². The average molecular weight is 253 g/mol. The number of amides is 2. The topological polar surface area (TPSA) is 70.6 Å². The molecule has 0 saturated carbocycles. The monoisotopic (exact) mass is 253 g/mol. The van der Waals surface area contributed by atoms with Crippen LogP contribution in [0, 0.1) is 0 Å². The number of hydrogen-bond donors (Lipinski definition) is 2. The highest BCUT2D eigenvalue weighted by Crippen LogP contribution is 2.03. The van der Waals surface area contributed by atoms with Crippen molar-refractivity contribution in [2.75, 3.05) is 0 Å². The van der Waals surface area contributed by atoms with Crippen LogP contribution >= 0.6 is 11.3 Å². The molecule has 0 radical (unpaired) electrons. The van der Waals surface area contributed by atoms with Gasteiger partial charge in [-0.1, -0.05) is 13.0 Å². The number of hydrogen-bond acceptors (Lipinski definition) is 4. The summed E-state index contributed by atoms with van der Waals surface area (Å²) < 4.78 is 0. The fourth-order valence-electron chi connectivity index (χ4n) is 0.961. The summed E-state index contributed by atoms with van der Waals surface area (Å²) in [7, 11) is 0. The van der Waals surface area contributed by atoms with Gasteiger partial charge in [0.2, 0.25) is 0 Å². The van der Waals surface area contributed by atoms with Gasteiger partial charge in [-0.2, -0.15) is 5.10 Å². The van der Waals surface area contributed by atoms with Crippen LogP contribution in [0.3, 0.4) is 0 Å². The molecule has 0 fully saturated rings. The van der Waals surface area contributed by atoms with E-state index in [0.717, 1.165) is 11.3 Å². The second-order valence-electron chi connectivity index (χ2n) is 3.50. The molecule has 2 N–H and O–H groups in total. The molecule has 92 valence electrons. The Hall–Kier alpha value is -1.69. The Morgan fingerprint density at radius 1 is 1.53 bits per heavy atom. The fourth-order valence-corrected chi connectivity index (χ4v) is 1.55. The summed E-state index contributed by atoms with van der Waals surface area (Å²) >= 11 is 1.50. The predicted molar refractivity (Wildman–Crippen MR) is 68.0 cm³/mol. The van der Waals surface area contributed by atoms with Gasteiger partial charge < -0.3 is 5.32 Å². The summed E-state index contributed by atoms with van der Waals surface area (Å²) in [5.74, 6) is -1.42. The molecule has 0 spiro atoms. The Morgan fingerprint density at radius 2 is 2.29 bits per heavy atom. The molecular weight excluding hydrogens is 238 g/mol. The van der Waals surface area contributed by atoms with Crippen LogP contribution in [-0.4, -0.2) is 24.1 Å². The first-order valence-corrected chi connectivity index (χ1v) is 6.18. The van der Waals surface area contributed by atoms with Crippen molar-refractivity contribution in [1.82, 2.24) is 10.7 Å². The molecular formula is C11H15N3O2S. The molecule has 1 aromatic rings.